The van der Waals surface area contributed by atoms with Crippen molar-refractivity contribution >= 4 is 16.0 Å². The van der Waals surface area contributed by atoms with Crippen LogP contribution in [0.3, 0.4) is 0 Å². The summed E-state index contributed by atoms with van der Waals surface area (Å²) in [5.41, 5.74) is 7.04. The number of sulfonamides is 1. The van der Waals surface area contributed by atoms with E-state index in [9.17, 15) is 8.42 Å². The zero-order valence-corrected chi connectivity index (χ0v) is 20.2. The molecule has 1 N–H and O–H groups in total. The summed E-state index contributed by atoms with van der Waals surface area (Å²) >= 11 is 0. The van der Waals surface area contributed by atoms with Gasteiger partial charge in [0.1, 0.15) is 0 Å². The number of aromatic nitrogens is 4. The summed E-state index contributed by atoms with van der Waals surface area (Å²) in [6.07, 6.45) is 6.58. The first-order valence-electron chi connectivity index (χ1n) is 11.4. The number of rotatable bonds is 6. The molecule has 4 aromatic rings. The lowest BCUT2D eigenvalue weighted by Gasteiger charge is -2.20. The topological polar surface area (TPSA) is 89.8 Å². The zero-order chi connectivity index (χ0) is 23.9. The van der Waals surface area contributed by atoms with E-state index in [4.69, 9.17) is 0 Å². The maximum absolute atomic E-state index is 12.9. The highest BCUT2D eigenvalue weighted by Gasteiger charge is 2.29. The Morgan fingerprint density at radius 3 is 2.47 bits per heavy atom. The molecule has 0 amide bonds. The average molecular weight is 474 g/mol. The van der Waals surface area contributed by atoms with Gasteiger partial charge < -0.3 is 0 Å². The third-order valence-electron chi connectivity index (χ3n) is 6.51. The lowest BCUT2D eigenvalue weighted by Crippen LogP contribution is -2.15. The van der Waals surface area contributed by atoms with Crippen LogP contribution in [-0.2, 0) is 23.5 Å². The summed E-state index contributed by atoms with van der Waals surface area (Å²) in [6.45, 7) is 4.40. The van der Waals surface area contributed by atoms with Crippen molar-refractivity contribution in [3.05, 3.63) is 89.4 Å². The van der Waals surface area contributed by atoms with E-state index in [1.54, 1.807) is 18.2 Å². The number of anilines is 1. The molecule has 2 heterocycles. The largest absolute Gasteiger partial charge is 0.268 e. The molecule has 0 unspecified atom stereocenters. The van der Waals surface area contributed by atoms with Gasteiger partial charge in [-0.05, 0) is 71.3 Å². The molecule has 174 valence electrons. The fourth-order valence-electron chi connectivity index (χ4n) is 4.71. The van der Waals surface area contributed by atoms with Crippen molar-refractivity contribution in [1.82, 2.24) is 19.7 Å². The van der Waals surface area contributed by atoms with Gasteiger partial charge in [0.25, 0.3) is 10.0 Å². The van der Waals surface area contributed by atoms with E-state index >= 15 is 0 Å². The van der Waals surface area contributed by atoms with Crippen LogP contribution in [0, 0.1) is 0 Å². The molecule has 0 aliphatic heterocycles. The molecule has 1 aliphatic carbocycles. The van der Waals surface area contributed by atoms with Crippen molar-refractivity contribution in [2.24, 2.45) is 7.05 Å². The lowest BCUT2D eigenvalue weighted by atomic mass is 9.86. The van der Waals surface area contributed by atoms with Gasteiger partial charge in [-0.25, -0.2) is 23.1 Å². The number of aryl methyl sites for hydroxylation is 2. The first-order valence-corrected chi connectivity index (χ1v) is 12.9. The van der Waals surface area contributed by atoms with Gasteiger partial charge in [-0.2, -0.15) is 5.10 Å². The van der Waals surface area contributed by atoms with Gasteiger partial charge in [0.15, 0.2) is 0 Å². The molecule has 8 heteroatoms. The molecule has 0 radical (unpaired) electrons. The number of hydrogen-bond acceptors (Lipinski definition) is 5. The van der Waals surface area contributed by atoms with Crippen molar-refractivity contribution in [3.8, 4) is 11.3 Å². The Balaban J connectivity index is 1.52. The Hall–Kier alpha value is -3.52. The molecule has 34 heavy (non-hydrogen) atoms. The molecule has 0 saturated carbocycles. The van der Waals surface area contributed by atoms with E-state index in [0.717, 1.165) is 24.1 Å². The second-order valence-corrected chi connectivity index (χ2v) is 10.7. The molecule has 0 bridgehead atoms. The van der Waals surface area contributed by atoms with Crippen molar-refractivity contribution in [2.75, 3.05) is 4.72 Å². The number of nitrogens with zero attached hydrogens (tertiary/aromatic N) is 4. The van der Waals surface area contributed by atoms with E-state index in [2.05, 4.69) is 51.8 Å². The maximum atomic E-state index is 12.9. The molecule has 0 fully saturated rings. The molecule has 1 aliphatic rings. The van der Waals surface area contributed by atoms with Gasteiger partial charge in [-0.1, -0.05) is 32.0 Å². The standard InChI is InChI=1S/C26H27N5O2S/c1-17(2)18-5-8-23(24(16-18)25-11-14-29-31(25)3)22-9-6-19-15-20(7-10-21(19)22)34(32,33)30-26-27-12-4-13-28-26/h4-5,7-8,10-17,22H,6,9H2,1-3H3,(H,27,28,30)/t22-/m0/s1. The first kappa shape index (κ1) is 22.3. The quantitative estimate of drug-likeness (QED) is 0.431. The third-order valence-corrected chi connectivity index (χ3v) is 7.84. The molecule has 0 spiro atoms. The van der Waals surface area contributed by atoms with Gasteiger partial charge >= 0.3 is 0 Å². The Morgan fingerprint density at radius 2 is 1.76 bits per heavy atom. The normalized spacial score (nSPS) is 15.5. The lowest BCUT2D eigenvalue weighted by molar-refractivity contribution is 0.600. The van der Waals surface area contributed by atoms with E-state index < -0.39 is 10.0 Å². The van der Waals surface area contributed by atoms with Gasteiger partial charge in [-0.3, -0.25) is 4.68 Å². The SMILES string of the molecule is CC(C)c1ccc([C@H]2CCc3cc(S(=O)(=O)Nc4ncccn4)ccc32)c(-c2ccnn2C)c1. The summed E-state index contributed by atoms with van der Waals surface area (Å²) in [6, 6.07) is 15.8. The van der Waals surface area contributed by atoms with Crippen LogP contribution in [0.5, 0.6) is 0 Å². The summed E-state index contributed by atoms with van der Waals surface area (Å²) in [5.74, 6) is 0.681. The zero-order valence-electron chi connectivity index (χ0n) is 19.4. The molecule has 0 saturated heterocycles. The van der Waals surface area contributed by atoms with E-state index in [1.807, 2.05) is 30.1 Å². The Labute approximate surface area is 200 Å². The maximum Gasteiger partial charge on any atom is 0.264 e. The number of benzene rings is 2. The molecular formula is C26H27N5O2S. The minimum Gasteiger partial charge on any atom is -0.268 e. The number of fused-ring (bicyclic) bond motifs is 1. The van der Waals surface area contributed by atoms with Crippen molar-refractivity contribution in [2.45, 2.75) is 43.4 Å². The molecule has 5 rings (SSSR count). The van der Waals surface area contributed by atoms with Gasteiger partial charge in [0, 0.05) is 37.1 Å². The average Bonchev–Trinajstić information content (AvgIpc) is 3.44. The predicted molar refractivity (Wildman–Crippen MR) is 132 cm³/mol. The molecular weight excluding hydrogens is 446 g/mol. The molecule has 2 aromatic carbocycles. The monoisotopic (exact) mass is 473 g/mol. The Morgan fingerprint density at radius 1 is 1.00 bits per heavy atom. The van der Waals surface area contributed by atoms with Crippen LogP contribution in [0.2, 0.25) is 0 Å². The van der Waals surface area contributed by atoms with E-state index in [0.29, 0.717) is 5.92 Å². The van der Waals surface area contributed by atoms with Crippen molar-refractivity contribution in [3.63, 3.8) is 0 Å². The summed E-state index contributed by atoms with van der Waals surface area (Å²) in [7, 11) is -1.81. The predicted octanol–water partition coefficient (Wildman–Crippen LogP) is 4.88. The summed E-state index contributed by atoms with van der Waals surface area (Å²) < 4.78 is 30.2. The van der Waals surface area contributed by atoms with Crippen LogP contribution in [-0.4, -0.2) is 28.2 Å². The van der Waals surface area contributed by atoms with Gasteiger partial charge in [0.2, 0.25) is 5.95 Å². The van der Waals surface area contributed by atoms with Gasteiger partial charge in [-0.15, -0.1) is 0 Å². The minimum absolute atomic E-state index is 0.0620. The minimum atomic E-state index is -3.77. The van der Waals surface area contributed by atoms with Gasteiger partial charge in [0.05, 0.1) is 10.6 Å². The van der Waals surface area contributed by atoms with Crippen LogP contribution in [0.15, 0.2) is 72.0 Å². The van der Waals surface area contributed by atoms with E-state index in [-0.39, 0.29) is 16.8 Å². The second kappa shape index (κ2) is 8.68. The number of hydrogen-bond donors (Lipinski definition) is 1. The highest BCUT2D eigenvalue weighted by atomic mass is 32.2. The highest BCUT2D eigenvalue weighted by Crippen LogP contribution is 2.43. The fourth-order valence-corrected chi connectivity index (χ4v) is 5.72. The Kier molecular flexibility index (Phi) is 5.69. The fraction of sp³-hybridized carbons (Fsp3) is 0.269. The molecule has 7 nitrogen and oxygen atoms in total. The van der Waals surface area contributed by atoms with Crippen LogP contribution >= 0.6 is 0 Å². The van der Waals surface area contributed by atoms with Crippen LogP contribution in [0.1, 0.15) is 54.4 Å². The van der Waals surface area contributed by atoms with Crippen molar-refractivity contribution < 1.29 is 8.42 Å². The van der Waals surface area contributed by atoms with E-state index in [1.165, 1.54) is 34.6 Å². The molecule has 2 aromatic heterocycles. The van der Waals surface area contributed by atoms with Crippen LogP contribution in [0.4, 0.5) is 5.95 Å². The highest BCUT2D eigenvalue weighted by molar-refractivity contribution is 7.92. The third kappa shape index (κ3) is 4.09. The van der Waals surface area contributed by atoms with Crippen LogP contribution in [0.25, 0.3) is 11.3 Å². The Bertz CT molecular complexity index is 1450. The smallest absolute Gasteiger partial charge is 0.264 e. The van der Waals surface area contributed by atoms with Crippen molar-refractivity contribution in [1.29, 1.82) is 0 Å². The molecule has 1 atom stereocenters. The summed E-state index contributed by atoms with van der Waals surface area (Å²) in [5, 5.41) is 4.39. The first-order chi connectivity index (χ1) is 16.3. The van der Waals surface area contributed by atoms with Crippen LogP contribution < -0.4 is 4.72 Å². The second-order valence-electron chi connectivity index (χ2n) is 8.97. The number of nitrogens with one attached hydrogen (secondary N) is 1. The summed E-state index contributed by atoms with van der Waals surface area (Å²) in [4.78, 5) is 8.15.